The molecule has 0 aliphatic heterocycles. The summed E-state index contributed by atoms with van der Waals surface area (Å²) in [6.07, 6.45) is 1.47. The first-order valence-electron chi connectivity index (χ1n) is 10.7. The normalized spacial score (nSPS) is 15.6. The molecule has 1 N–H and O–H groups in total. The van der Waals surface area contributed by atoms with E-state index >= 15 is 0 Å². The molecule has 0 saturated carbocycles. The van der Waals surface area contributed by atoms with E-state index in [1.807, 2.05) is 57.2 Å². The minimum atomic E-state index is -2.70. The van der Waals surface area contributed by atoms with Crippen molar-refractivity contribution in [2.45, 2.75) is 64.3 Å². The van der Waals surface area contributed by atoms with Gasteiger partial charge >= 0.3 is 0 Å². The summed E-state index contributed by atoms with van der Waals surface area (Å²) in [5.74, 6) is -0.365. The monoisotopic (exact) mass is 461 g/mol. The number of halogens is 1. The van der Waals surface area contributed by atoms with Crippen LogP contribution in [-0.2, 0) is 15.8 Å². The first kappa shape index (κ1) is 25.8. The lowest BCUT2D eigenvalue weighted by molar-refractivity contribution is 0.334. The van der Waals surface area contributed by atoms with Crippen LogP contribution in [0.5, 0.6) is 0 Å². The Balaban J connectivity index is 2.34. The maximum Gasteiger partial charge on any atom is 0.261 e. The predicted octanol–water partition coefficient (Wildman–Crippen LogP) is 4.86. The highest BCUT2D eigenvalue weighted by Crippen LogP contribution is 2.36. The highest BCUT2D eigenvalue weighted by Gasteiger charge is 2.49. The molecule has 0 aliphatic carbocycles. The Kier molecular flexibility index (Phi) is 8.70. The first-order valence-corrected chi connectivity index (χ1v) is 13.7. The molecule has 0 aliphatic rings. The zero-order valence-electron chi connectivity index (χ0n) is 19.7. The molecule has 31 heavy (non-hydrogen) atoms. The number of rotatable bonds is 8. The fourth-order valence-electron chi connectivity index (χ4n) is 3.58. The van der Waals surface area contributed by atoms with E-state index < -0.39 is 30.5 Å². The van der Waals surface area contributed by atoms with E-state index in [0.717, 1.165) is 10.4 Å². The quantitative estimate of drug-likeness (QED) is 0.451. The van der Waals surface area contributed by atoms with Crippen molar-refractivity contribution in [2.24, 2.45) is 0 Å². The Morgan fingerprint density at radius 1 is 1.00 bits per heavy atom. The molecule has 0 saturated heterocycles. The van der Waals surface area contributed by atoms with E-state index in [4.69, 9.17) is 4.43 Å². The van der Waals surface area contributed by atoms with Crippen LogP contribution in [0.25, 0.3) is 0 Å². The van der Waals surface area contributed by atoms with Crippen LogP contribution < -0.4 is 15.1 Å². The van der Waals surface area contributed by atoms with Gasteiger partial charge in [0.1, 0.15) is 16.6 Å². The molecule has 0 amide bonds. The maximum atomic E-state index is 14.8. The van der Waals surface area contributed by atoms with Crippen LogP contribution in [0.1, 0.15) is 48.5 Å². The van der Waals surface area contributed by atoms with Gasteiger partial charge in [0.25, 0.3) is 8.32 Å². The van der Waals surface area contributed by atoms with E-state index in [9.17, 15) is 8.94 Å². The van der Waals surface area contributed by atoms with Crippen molar-refractivity contribution in [1.82, 2.24) is 4.72 Å². The molecular formula is C25H36FNO2SSi. The van der Waals surface area contributed by atoms with E-state index in [1.165, 1.54) is 6.08 Å². The third kappa shape index (κ3) is 6.30. The summed E-state index contributed by atoms with van der Waals surface area (Å²) < 4.78 is 36.2. The number of hydrogen-bond acceptors (Lipinski definition) is 3. The summed E-state index contributed by atoms with van der Waals surface area (Å²) in [5, 5.41) is 2.14. The van der Waals surface area contributed by atoms with Gasteiger partial charge in [0, 0.05) is 11.4 Å². The van der Waals surface area contributed by atoms with Crippen molar-refractivity contribution in [3.05, 3.63) is 72.6 Å². The average Bonchev–Trinajstić information content (AvgIpc) is 2.70. The Labute approximate surface area is 191 Å². The second-order valence-corrected chi connectivity index (χ2v) is 16.1. The van der Waals surface area contributed by atoms with E-state index in [0.29, 0.717) is 0 Å². The van der Waals surface area contributed by atoms with Crippen molar-refractivity contribution >= 4 is 30.1 Å². The molecule has 1 unspecified atom stereocenters. The van der Waals surface area contributed by atoms with Crippen molar-refractivity contribution < 1.29 is 13.4 Å². The van der Waals surface area contributed by atoms with E-state index in [2.05, 4.69) is 49.8 Å². The molecule has 2 aromatic carbocycles. The minimum absolute atomic E-state index is 0.146. The molecule has 0 spiro atoms. The highest BCUT2D eigenvalue weighted by molar-refractivity contribution is 7.90. The molecule has 3 nitrogen and oxygen atoms in total. The SMILES string of the molecule is CC(N[S@+]([O-])C(C)(C)C)/C(F)=C/CO[Si](c1ccccc1)(c1ccccc1)C(C)(C)C. The zero-order chi connectivity index (χ0) is 23.3. The Hall–Kier alpha value is -1.44. The lowest BCUT2D eigenvalue weighted by Crippen LogP contribution is -2.66. The van der Waals surface area contributed by atoms with Crippen molar-refractivity contribution in [3.63, 3.8) is 0 Å². The van der Waals surface area contributed by atoms with Crippen LogP contribution in [-0.4, -0.2) is 30.3 Å². The van der Waals surface area contributed by atoms with Gasteiger partial charge in [0.2, 0.25) is 0 Å². The van der Waals surface area contributed by atoms with Gasteiger partial charge in [-0.1, -0.05) is 81.4 Å². The van der Waals surface area contributed by atoms with Gasteiger partial charge in [-0.3, -0.25) is 0 Å². The summed E-state index contributed by atoms with van der Waals surface area (Å²) in [6.45, 7) is 14.0. The number of hydrogen-bond donors (Lipinski definition) is 1. The van der Waals surface area contributed by atoms with E-state index in [1.54, 1.807) is 6.92 Å². The largest absolute Gasteiger partial charge is 0.598 e. The van der Waals surface area contributed by atoms with Crippen LogP contribution in [0.4, 0.5) is 4.39 Å². The zero-order valence-corrected chi connectivity index (χ0v) is 21.6. The van der Waals surface area contributed by atoms with Crippen LogP contribution >= 0.6 is 0 Å². The molecule has 0 radical (unpaired) electrons. The average molecular weight is 462 g/mol. The standard InChI is InChI=1S/C25H36FNO2SSi/c1-20(27-30(28)24(2,3)4)23(26)18-19-29-31(25(5,6)7,21-14-10-8-11-15-21)22-16-12-9-13-17-22/h8-18,20,27H,19H2,1-7H3/b23-18-/t20?,30-/m1/s1. The van der Waals surface area contributed by atoms with Crippen LogP contribution in [0.15, 0.2) is 72.6 Å². The Bertz CT molecular complexity index is 808. The molecule has 0 heterocycles. The fourth-order valence-corrected chi connectivity index (χ4v) is 8.85. The molecule has 2 aromatic rings. The Morgan fingerprint density at radius 3 is 1.84 bits per heavy atom. The smallest absolute Gasteiger partial charge is 0.261 e. The van der Waals surface area contributed by atoms with Crippen LogP contribution in [0.3, 0.4) is 0 Å². The summed E-state index contributed by atoms with van der Waals surface area (Å²) in [6, 6.07) is 19.9. The molecular weight excluding hydrogens is 425 g/mol. The predicted molar refractivity (Wildman–Crippen MR) is 133 cm³/mol. The van der Waals surface area contributed by atoms with Crippen LogP contribution in [0, 0.1) is 0 Å². The fraction of sp³-hybridized carbons (Fsp3) is 0.440. The topological polar surface area (TPSA) is 44.3 Å². The second kappa shape index (κ2) is 10.4. The summed E-state index contributed by atoms with van der Waals surface area (Å²) >= 11 is -1.35. The highest BCUT2D eigenvalue weighted by atomic mass is 32.2. The lowest BCUT2D eigenvalue weighted by Gasteiger charge is -2.42. The molecule has 0 aromatic heterocycles. The molecule has 6 heteroatoms. The number of benzene rings is 2. The maximum absolute atomic E-state index is 14.8. The summed E-state index contributed by atoms with van der Waals surface area (Å²) in [5.41, 5.74) is 0. The third-order valence-corrected chi connectivity index (χ3v) is 11.9. The van der Waals surface area contributed by atoms with Gasteiger partial charge in [0.15, 0.2) is 0 Å². The van der Waals surface area contributed by atoms with Crippen molar-refractivity contribution in [1.29, 1.82) is 0 Å². The summed E-state index contributed by atoms with van der Waals surface area (Å²) in [7, 11) is -2.70. The van der Waals surface area contributed by atoms with Crippen molar-refractivity contribution in [2.75, 3.05) is 6.61 Å². The Morgan fingerprint density at radius 2 is 1.45 bits per heavy atom. The molecule has 170 valence electrons. The third-order valence-electron chi connectivity index (χ3n) is 5.25. The first-order chi connectivity index (χ1) is 14.4. The molecule has 0 fully saturated rings. The second-order valence-electron chi connectivity index (χ2n) is 9.78. The summed E-state index contributed by atoms with van der Waals surface area (Å²) in [4.78, 5) is 0. The van der Waals surface area contributed by atoms with Gasteiger partial charge < -0.3 is 8.98 Å². The van der Waals surface area contributed by atoms with Gasteiger partial charge in [0.05, 0.1) is 6.61 Å². The molecule has 0 bridgehead atoms. The van der Waals surface area contributed by atoms with Gasteiger partial charge in [-0.2, -0.15) is 0 Å². The van der Waals surface area contributed by atoms with Gasteiger partial charge in [-0.25, -0.2) is 4.39 Å². The van der Waals surface area contributed by atoms with Gasteiger partial charge in [-0.15, -0.1) is 4.72 Å². The molecule has 2 rings (SSSR count). The van der Waals surface area contributed by atoms with Crippen molar-refractivity contribution in [3.8, 4) is 0 Å². The molecule has 2 atom stereocenters. The lowest BCUT2D eigenvalue weighted by atomic mass is 10.2. The van der Waals surface area contributed by atoms with E-state index in [-0.39, 0.29) is 17.5 Å². The number of nitrogens with one attached hydrogen (secondary N) is 1. The minimum Gasteiger partial charge on any atom is -0.598 e. The van der Waals surface area contributed by atoms with Crippen LogP contribution in [0.2, 0.25) is 5.04 Å². The van der Waals surface area contributed by atoms with Gasteiger partial charge in [-0.05, 0) is 49.2 Å².